The molecule has 2 fully saturated rings. The summed E-state index contributed by atoms with van der Waals surface area (Å²) >= 11 is 1.71. The van der Waals surface area contributed by atoms with Crippen molar-refractivity contribution in [3.63, 3.8) is 0 Å². The maximum absolute atomic E-state index is 13.9. The molecule has 2 saturated heterocycles. The van der Waals surface area contributed by atoms with E-state index >= 15 is 0 Å². The van der Waals surface area contributed by atoms with Crippen LogP contribution in [0.1, 0.15) is 64.3 Å². The molecule has 7 rings (SSSR count). The first-order chi connectivity index (χ1) is 27.2. The van der Waals surface area contributed by atoms with E-state index in [9.17, 15) is 19.2 Å². The van der Waals surface area contributed by atoms with Crippen LogP contribution in [0.25, 0.3) is 42.8 Å². The van der Waals surface area contributed by atoms with Gasteiger partial charge >= 0.3 is 12.2 Å². The number of hydrogen-bond acceptors (Lipinski definition) is 9. The predicted molar refractivity (Wildman–Crippen MR) is 223 cm³/mol. The number of imidazole rings is 2. The summed E-state index contributed by atoms with van der Waals surface area (Å²) in [5.74, 6) is 1.04. The van der Waals surface area contributed by atoms with E-state index in [1.807, 2.05) is 43.7 Å². The average molecular weight is 813 g/mol. The number of nitrogens with zero attached hydrogens (tertiary/aromatic N) is 4. The van der Waals surface area contributed by atoms with Crippen molar-refractivity contribution in [1.82, 2.24) is 40.4 Å². The second-order valence-corrected chi connectivity index (χ2v) is 22.8. The molecular weight excluding hydrogens is 761 g/mol. The first kappa shape index (κ1) is 40.0. The van der Waals surface area contributed by atoms with E-state index < -0.39 is 32.3 Å². The third-order valence-electron chi connectivity index (χ3n) is 11.2. The molecule has 0 spiro atoms. The maximum atomic E-state index is 13.9. The van der Waals surface area contributed by atoms with Gasteiger partial charge in [-0.05, 0) is 65.4 Å². The number of aromatic nitrogens is 4. The highest BCUT2D eigenvalue weighted by molar-refractivity contribution is 7.22. The average Bonchev–Trinajstić information content (AvgIpc) is 4.03. The Morgan fingerprint density at radius 3 is 2.11 bits per heavy atom. The molecule has 4 amide bonds. The molecule has 0 saturated carbocycles. The third-order valence-corrected chi connectivity index (χ3v) is 15.0. The van der Waals surface area contributed by atoms with Crippen molar-refractivity contribution in [2.45, 2.75) is 83.8 Å². The lowest BCUT2D eigenvalue weighted by Crippen LogP contribution is -2.52. The monoisotopic (exact) mass is 812 g/mol. The number of rotatable bonds is 10. The largest absolute Gasteiger partial charge is 0.453 e. The van der Waals surface area contributed by atoms with Gasteiger partial charge in [0.1, 0.15) is 23.7 Å². The van der Waals surface area contributed by atoms with E-state index in [0.717, 1.165) is 73.4 Å². The molecule has 302 valence electrons. The van der Waals surface area contributed by atoms with E-state index in [2.05, 4.69) is 76.2 Å². The molecule has 57 heavy (non-hydrogen) atoms. The fraction of sp³-hybridized carbons (Fsp3) is 0.463. The zero-order valence-electron chi connectivity index (χ0n) is 33.8. The smallest absolute Gasteiger partial charge is 0.407 e. The van der Waals surface area contributed by atoms with Crippen molar-refractivity contribution >= 4 is 64.5 Å². The highest BCUT2D eigenvalue weighted by Gasteiger charge is 2.46. The molecule has 4 N–H and O–H groups in total. The van der Waals surface area contributed by atoms with Gasteiger partial charge < -0.3 is 39.9 Å². The number of nitrogens with one attached hydrogen (secondary N) is 4. The standard InChI is InChI=1S/C41H52N8O6SSi/c1-22(2)34(46-40(52)54-5)38(50)48-15-9-10-30(48)36-42-19-29(45-36)24-11-13-25(14-12-24)32-17-26-16-27-28(18-33(26)56-32)44-37(43-27)31-20-57(7,8)21-49(31)39(51)35(23(3)4)47-41(53)55-6/h11-14,16-19,22-23,30-31,34-35H,9-10,15,20-21H2,1-8H3,(H,42,45)(H,43,44)(H,46,52)(H,47,53)/t30?,31-,34?,35?/m0/s1. The summed E-state index contributed by atoms with van der Waals surface area (Å²) in [6, 6.07) is 13.9. The van der Waals surface area contributed by atoms with Gasteiger partial charge in [0, 0.05) is 22.3 Å². The Morgan fingerprint density at radius 1 is 0.842 bits per heavy atom. The van der Waals surface area contributed by atoms with Gasteiger partial charge in [0.25, 0.3) is 0 Å². The molecule has 3 unspecified atom stereocenters. The Morgan fingerprint density at radius 2 is 1.47 bits per heavy atom. The van der Waals surface area contributed by atoms with Crippen molar-refractivity contribution in [2.75, 3.05) is 26.9 Å². The number of hydrogen-bond donors (Lipinski definition) is 4. The summed E-state index contributed by atoms with van der Waals surface area (Å²) in [6.45, 7) is 12.8. The number of carbonyl (C=O) groups excluding carboxylic acids is 4. The van der Waals surface area contributed by atoms with Crippen LogP contribution >= 0.6 is 11.3 Å². The summed E-state index contributed by atoms with van der Waals surface area (Å²) in [5.41, 5.74) is 4.71. The van der Waals surface area contributed by atoms with E-state index in [-0.39, 0.29) is 35.7 Å². The number of ether oxygens (including phenoxy) is 2. The van der Waals surface area contributed by atoms with Crippen molar-refractivity contribution in [3.05, 3.63) is 60.3 Å². The molecule has 5 aromatic rings. The molecule has 14 nitrogen and oxygen atoms in total. The number of alkyl carbamates (subject to hydrolysis) is 2. The molecule has 2 aromatic carbocycles. The number of fused-ring (bicyclic) bond motifs is 2. The molecule has 0 aliphatic carbocycles. The van der Waals surface area contributed by atoms with Crippen molar-refractivity contribution < 1.29 is 28.7 Å². The predicted octanol–water partition coefficient (Wildman–Crippen LogP) is 7.39. The van der Waals surface area contributed by atoms with Crippen LogP contribution in [0.2, 0.25) is 19.1 Å². The molecule has 2 aliphatic rings. The van der Waals surface area contributed by atoms with Crippen LogP contribution in [0.15, 0.2) is 48.7 Å². The summed E-state index contributed by atoms with van der Waals surface area (Å²) in [4.78, 5) is 73.2. The van der Waals surface area contributed by atoms with Gasteiger partial charge in [0.05, 0.1) is 57.3 Å². The highest BCUT2D eigenvalue weighted by atomic mass is 32.1. The Kier molecular flexibility index (Phi) is 11.2. The fourth-order valence-corrected chi connectivity index (χ4v) is 12.1. The summed E-state index contributed by atoms with van der Waals surface area (Å²) in [7, 11) is 0.843. The lowest BCUT2D eigenvalue weighted by molar-refractivity contribution is -0.136. The topological polar surface area (TPSA) is 175 Å². The fourth-order valence-electron chi connectivity index (χ4n) is 8.15. The zero-order valence-corrected chi connectivity index (χ0v) is 35.6. The molecule has 5 heterocycles. The number of likely N-dealkylation sites (tertiary alicyclic amines) is 1. The second kappa shape index (κ2) is 16.0. The van der Waals surface area contributed by atoms with Crippen molar-refractivity contribution in [2.24, 2.45) is 11.8 Å². The minimum Gasteiger partial charge on any atom is -0.453 e. The van der Waals surface area contributed by atoms with Crippen LogP contribution in [0.5, 0.6) is 0 Å². The molecular formula is C41H52N8O6SSi. The number of methoxy groups -OCH3 is 2. The van der Waals surface area contributed by atoms with Crippen LogP contribution in [-0.2, 0) is 19.1 Å². The molecule has 3 aromatic heterocycles. The molecule has 4 atom stereocenters. The lowest BCUT2D eigenvalue weighted by atomic mass is 10.0. The van der Waals surface area contributed by atoms with E-state index in [4.69, 9.17) is 19.4 Å². The second-order valence-electron chi connectivity index (χ2n) is 16.7. The van der Waals surface area contributed by atoms with Gasteiger partial charge in [-0.15, -0.1) is 11.3 Å². The Labute approximate surface area is 337 Å². The van der Waals surface area contributed by atoms with Gasteiger partial charge in [-0.3, -0.25) is 9.59 Å². The summed E-state index contributed by atoms with van der Waals surface area (Å²) in [5, 5.41) is 6.56. The lowest BCUT2D eigenvalue weighted by Gasteiger charge is -2.30. The quantitative estimate of drug-likeness (QED) is 0.106. The van der Waals surface area contributed by atoms with Crippen molar-refractivity contribution in [3.8, 4) is 21.7 Å². The Balaban J connectivity index is 1.07. The van der Waals surface area contributed by atoms with Gasteiger partial charge in [0.15, 0.2) is 0 Å². The number of aromatic amines is 2. The number of H-pyrrole nitrogens is 2. The zero-order chi connectivity index (χ0) is 40.8. The Hall–Kier alpha value is -5.22. The van der Waals surface area contributed by atoms with E-state index in [1.54, 1.807) is 11.3 Å². The van der Waals surface area contributed by atoms with Gasteiger partial charge in [0.2, 0.25) is 11.8 Å². The van der Waals surface area contributed by atoms with Gasteiger partial charge in [-0.25, -0.2) is 19.6 Å². The number of benzene rings is 2. The molecule has 0 bridgehead atoms. The first-order valence-electron chi connectivity index (χ1n) is 19.5. The van der Waals surface area contributed by atoms with Gasteiger partial charge in [-0.1, -0.05) is 65.1 Å². The Bertz CT molecular complexity index is 2250. The van der Waals surface area contributed by atoms with Gasteiger partial charge in [-0.2, -0.15) is 0 Å². The minimum atomic E-state index is -1.75. The maximum Gasteiger partial charge on any atom is 0.407 e. The van der Waals surface area contributed by atoms with Crippen LogP contribution in [0.3, 0.4) is 0 Å². The SMILES string of the molecule is COC(=O)NC(C(=O)N1CCCC1c1ncc(-c2ccc(-c3cc4cc5[nH]c([C@@H]6C[Si](C)(C)CN6C(=O)C(NC(=O)OC)C(C)C)nc5cc4s3)cc2)[nH]1)C(C)C. The molecule has 16 heteroatoms. The van der Waals surface area contributed by atoms with Crippen LogP contribution in [0.4, 0.5) is 9.59 Å². The number of carbonyl (C=O) groups is 4. The normalized spacial score (nSPS) is 19.1. The van der Waals surface area contributed by atoms with E-state index in [1.165, 1.54) is 14.2 Å². The van der Waals surface area contributed by atoms with Crippen LogP contribution in [-0.4, -0.2) is 101 Å². The molecule has 2 aliphatic heterocycles. The van der Waals surface area contributed by atoms with Crippen LogP contribution < -0.4 is 10.6 Å². The van der Waals surface area contributed by atoms with Crippen LogP contribution in [0, 0.1) is 11.8 Å². The molecule has 0 radical (unpaired) electrons. The summed E-state index contributed by atoms with van der Waals surface area (Å²) < 4.78 is 10.7. The number of thiophene rings is 1. The van der Waals surface area contributed by atoms with Crippen molar-refractivity contribution in [1.29, 1.82) is 0 Å². The van der Waals surface area contributed by atoms with E-state index in [0.29, 0.717) is 12.7 Å². The first-order valence-corrected chi connectivity index (χ1v) is 23.8. The third kappa shape index (κ3) is 8.15. The minimum absolute atomic E-state index is 0.105. The summed E-state index contributed by atoms with van der Waals surface area (Å²) in [6.07, 6.45) is 2.90. The highest BCUT2D eigenvalue weighted by Crippen LogP contribution is 2.40. The number of amides is 4.